The summed E-state index contributed by atoms with van der Waals surface area (Å²) in [4.78, 5) is 5.67. The Morgan fingerprint density at radius 2 is 2.00 bits per heavy atom. The minimum Gasteiger partial charge on any atom is -0.459 e. The predicted molar refractivity (Wildman–Crippen MR) is 83.0 cm³/mol. The summed E-state index contributed by atoms with van der Waals surface area (Å²) in [6.45, 7) is 6.34. The van der Waals surface area contributed by atoms with Crippen LogP contribution in [0.2, 0.25) is 0 Å². The molecule has 0 saturated heterocycles. The number of rotatable bonds is 4. The molecule has 0 fully saturated rings. The second-order valence-electron chi connectivity index (χ2n) is 5.11. The number of benzene rings is 1. The highest BCUT2D eigenvalue weighted by Gasteiger charge is 2.16. The average Bonchev–Trinajstić information content (AvgIpc) is 3.04. The van der Waals surface area contributed by atoms with Crippen molar-refractivity contribution in [1.82, 2.24) is 10.3 Å². The first kappa shape index (κ1) is 13.3. The van der Waals surface area contributed by atoms with Crippen molar-refractivity contribution in [2.75, 3.05) is 0 Å². The molecule has 104 valence electrons. The maximum absolute atomic E-state index is 5.89. The van der Waals surface area contributed by atoms with E-state index in [1.807, 2.05) is 24.4 Å². The van der Waals surface area contributed by atoms with Gasteiger partial charge >= 0.3 is 0 Å². The zero-order valence-electron chi connectivity index (χ0n) is 11.9. The van der Waals surface area contributed by atoms with E-state index >= 15 is 0 Å². The molecule has 4 heteroatoms. The fourth-order valence-electron chi connectivity index (χ4n) is 2.32. The summed E-state index contributed by atoms with van der Waals surface area (Å²) in [5, 5.41) is 5.80. The molecule has 3 nitrogen and oxygen atoms in total. The van der Waals surface area contributed by atoms with Crippen molar-refractivity contribution in [3.05, 3.63) is 52.2 Å². The van der Waals surface area contributed by atoms with E-state index in [1.165, 1.54) is 4.88 Å². The Balaban J connectivity index is 1.76. The van der Waals surface area contributed by atoms with Gasteiger partial charge in [0.05, 0.1) is 12.1 Å². The van der Waals surface area contributed by atoms with E-state index in [1.54, 1.807) is 11.3 Å². The van der Waals surface area contributed by atoms with Gasteiger partial charge in [-0.1, -0.05) is 18.2 Å². The van der Waals surface area contributed by atoms with Crippen molar-refractivity contribution >= 4 is 22.3 Å². The molecule has 1 N–H and O–H groups in total. The maximum Gasteiger partial charge on any atom is 0.134 e. The summed E-state index contributed by atoms with van der Waals surface area (Å²) >= 11 is 1.73. The van der Waals surface area contributed by atoms with Crippen LogP contribution in [0, 0.1) is 6.92 Å². The molecular formula is C16H18N2OS. The molecule has 20 heavy (non-hydrogen) atoms. The SMILES string of the molecule is Cc1cnc([C@@H](C)N[C@H](C)c2cc3ccccc3o2)s1. The van der Waals surface area contributed by atoms with Crippen LogP contribution in [0.3, 0.4) is 0 Å². The van der Waals surface area contributed by atoms with Crippen molar-refractivity contribution in [2.45, 2.75) is 32.9 Å². The lowest BCUT2D eigenvalue weighted by molar-refractivity contribution is 0.416. The monoisotopic (exact) mass is 286 g/mol. The molecule has 0 aliphatic heterocycles. The van der Waals surface area contributed by atoms with Gasteiger partial charge in [0.2, 0.25) is 0 Å². The number of fused-ring (bicyclic) bond motifs is 1. The number of aryl methyl sites for hydroxylation is 1. The first-order valence-electron chi connectivity index (χ1n) is 6.80. The highest BCUT2D eigenvalue weighted by atomic mass is 32.1. The van der Waals surface area contributed by atoms with Crippen molar-refractivity contribution in [1.29, 1.82) is 0 Å². The molecule has 2 aromatic heterocycles. The van der Waals surface area contributed by atoms with Crippen LogP contribution in [0.25, 0.3) is 11.0 Å². The lowest BCUT2D eigenvalue weighted by Crippen LogP contribution is -2.21. The minimum atomic E-state index is 0.154. The molecule has 0 amide bonds. The fraction of sp³-hybridized carbons (Fsp3) is 0.312. The summed E-state index contributed by atoms with van der Waals surface area (Å²) in [5.41, 5.74) is 0.939. The van der Waals surface area contributed by atoms with E-state index in [2.05, 4.69) is 43.2 Å². The molecule has 0 unspecified atom stereocenters. The predicted octanol–water partition coefficient (Wildman–Crippen LogP) is 4.61. The van der Waals surface area contributed by atoms with Gasteiger partial charge < -0.3 is 4.42 Å². The first-order chi connectivity index (χ1) is 9.63. The Hall–Kier alpha value is -1.65. The quantitative estimate of drug-likeness (QED) is 0.761. The lowest BCUT2D eigenvalue weighted by Gasteiger charge is -2.16. The van der Waals surface area contributed by atoms with Gasteiger partial charge in [0.15, 0.2) is 0 Å². The van der Waals surface area contributed by atoms with E-state index in [4.69, 9.17) is 4.42 Å². The molecule has 0 aliphatic carbocycles. The largest absolute Gasteiger partial charge is 0.459 e. The van der Waals surface area contributed by atoms with Crippen LogP contribution in [-0.4, -0.2) is 4.98 Å². The van der Waals surface area contributed by atoms with Gasteiger partial charge in [0.25, 0.3) is 0 Å². The van der Waals surface area contributed by atoms with Crippen molar-refractivity contribution < 1.29 is 4.42 Å². The zero-order valence-corrected chi connectivity index (χ0v) is 12.7. The summed E-state index contributed by atoms with van der Waals surface area (Å²) in [6.07, 6.45) is 1.92. The van der Waals surface area contributed by atoms with Crippen molar-refractivity contribution in [2.24, 2.45) is 0 Å². The number of nitrogens with zero attached hydrogens (tertiary/aromatic N) is 1. The average molecular weight is 286 g/mol. The Morgan fingerprint density at radius 3 is 2.70 bits per heavy atom. The van der Waals surface area contributed by atoms with Gasteiger partial charge in [-0.15, -0.1) is 11.3 Å². The highest BCUT2D eigenvalue weighted by Crippen LogP contribution is 2.26. The molecular weight excluding hydrogens is 268 g/mol. The van der Waals surface area contributed by atoms with Crippen LogP contribution in [0.1, 0.15) is 41.6 Å². The Bertz CT molecular complexity index is 683. The van der Waals surface area contributed by atoms with Gasteiger partial charge in [-0.25, -0.2) is 4.98 Å². The van der Waals surface area contributed by atoms with Crippen molar-refractivity contribution in [3.63, 3.8) is 0 Å². The zero-order chi connectivity index (χ0) is 14.1. The third-order valence-corrected chi connectivity index (χ3v) is 4.48. The Labute approximate surface area is 122 Å². The van der Waals surface area contributed by atoms with Gasteiger partial charge in [-0.05, 0) is 32.9 Å². The van der Waals surface area contributed by atoms with Crippen LogP contribution in [0.15, 0.2) is 40.9 Å². The van der Waals surface area contributed by atoms with E-state index < -0.39 is 0 Å². The maximum atomic E-state index is 5.89. The first-order valence-corrected chi connectivity index (χ1v) is 7.62. The summed E-state index contributed by atoms with van der Waals surface area (Å²) in [5.74, 6) is 0.964. The topological polar surface area (TPSA) is 38.1 Å². The van der Waals surface area contributed by atoms with E-state index in [0.717, 1.165) is 21.7 Å². The number of para-hydroxylation sites is 1. The van der Waals surface area contributed by atoms with Crippen LogP contribution in [0.5, 0.6) is 0 Å². The number of furan rings is 1. The third-order valence-electron chi connectivity index (χ3n) is 3.38. The summed E-state index contributed by atoms with van der Waals surface area (Å²) < 4.78 is 5.89. The summed E-state index contributed by atoms with van der Waals surface area (Å²) in [7, 11) is 0. The molecule has 3 rings (SSSR count). The molecule has 0 saturated carbocycles. The number of hydrogen-bond acceptors (Lipinski definition) is 4. The normalized spacial score (nSPS) is 14.6. The van der Waals surface area contributed by atoms with E-state index in [9.17, 15) is 0 Å². The van der Waals surface area contributed by atoms with Gasteiger partial charge in [0, 0.05) is 16.5 Å². The molecule has 0 aliphatic rings. The molecule has 1 aromatic carbocycles. The van der Waals surface area contributed by atoms with Gasteiger partial charge in [-0.2, -0.15) is 0 Å². The number of aromatic nitrogens is 1. The second kappa shape index (κ2) is 5.38. The Kier molecular flexibility index (Phi) is 3.59. The highest BCUT2D eigenvalue weighted by molar-refractivity contribution is 7.11. The molecule has 0 spiro atoms. The van der Waals surface area contributed by atoms with Crippen LogP contribution >= 0.6 is 11.3 Å². The van der Waals surface area contributed by atoms with Crippen LogP contribution in [-0.2, 0) is 0 Å². The molecule has 2 atom stereocenters. The smallest absolute Gasteiger partial charge is 0.134 e. The van der Waals surface area contributed by atoms with Gasteiger partial charge in [0.1, 0.15) is 16.4 Å². The minimum absolute atomic E-state index is 0.154. The molecule has 0 bridgehead atoms. The summed E-state index contributed by atoms with van der Waals surface area (Å²) in [6, 6.07) is 10.6. The fourth-order valence-corrected chi connectivity index (χ4v) is 3.10. The third kappa shape index (κ3) is 2.62. The van der Waals surface area contributed by atoms with Crippen LogP contribution < -0.4 is 5.32 Å². The molecule has 3 aromatic rings. The molecule has 2 heterocycles. The number of nitrogens with one attached hydrogen (secondary N) is 1. The standard InChI is InChI=1S/C16H18N2OS/c1-10-9-17-16(20-10)12(3)18-11(2)15-8-13-6-4-5-7-14(13)19-15/h4-9,11-12,18H,1-3H3/t11-,12-/m1/s1. The van der Waals surface area contributed by atoms with Crippen molar-refractivity contribution in [3.8, 4) is 0 Å². The van der Waals surface area contributed by atoms with E-state index in [-0.39, 0.29) is 12.1 Å². The van der Waals surface area contributed by atoms with Crippen LogP contribution in [0.4, 0.5) is 0 Å². The molecule has 0 radical (unpaired) electrons. The van der Waals surface area contributed by atoms with Gasteiger partial charge in [-0.3, -0.25) is 5.32 Å². The Morgan fingerprint density at radius 1 is 1.20 bits per heavy atom. The number of hydrogen-bond donors (Lipinski definition) is 1. The second-order valence-corrected chi connectivity index (χ2v) is 6.37. The van der Waals surface area contributed by atoms with E-state index in [0.29, 0.717) is 0 Å². The number of thiazole rings is 1. The lowest BCUT2D eigenvalue weighted by atomic mass is 10.2.